The maximum Gasteiger partial charge on any atom is 0.315 e. The second kappa shape index (κ2) is 5.66. The topological polar surface area (TPSA) is 47.5 Å². The van der Waals surface area contributed by atoms with E-state index in [4.69, 9.17) is 10.8 Å². The van der Waals surface area contributed by atoms with Crippen molar-refractivity contribution in [1.29, 1.82) is 0 Å². The third-order valence-corrected chi connectivity index (χ3v) is 4.32. The van der Waals surface area contributed by atoms with E-state index < -0.39 is 5.91 Å². The van der Waals surface area contributed by atoms with Crippen molar-refractivity contribution < 1.29 is 9.21 Å². The minimum absolute atomic E-state index is 0.220. The lowest BCUT2D eigenvalue weighted by atomic mass is 10.1. The molecule has 0 unspecified atom stereocenters. The summed E-state index contributed by atoms with van der Waals surface area (Å²) < 4.78 is 8.06. The molecule has 3 rings (SSSR count). The molecule has 0 N–H and O–H groups in total. The number of furan rings is 1. The van der Waals surface area contributed by atoms with Crippen LogP contribution in [-0.4, -0.2) is 10.5 Å². The molecule has 0 saturated heterocycles. The Morgan fingerprint density at radius 1 is 1.45 bits per heavy atom. The van der Waals surface area contributed by atoms with Crippen LogP contribution >= 0.6 is 11.3 Å². The molecule has 2 heterocycles. The molecule has 110 valence electrons. The van der Waals surface area contributed by atoms with Crippen LogP contribution in [0.25, 0.3) is 10.2 Å². The van der Waals surface area contributed by atoms with E-state index in [1.807, 2.05) is 18.4 Å². The van der Waals surface area contributed by atoms with E-state index in [1.165, 1.54) is 23.2 Å². The van der Waals surface area contributed by atoms with E-state index in [2.05, 4.69) is 23.0 Å². The fourth-order valence-electron chi connectivity index (χ4n) is 2.46. The summed E-state index contributed by atoms with van der Waals surface area (Å²) in [5.74, 6) is 2.44. The van der Waals surface area contributed by atoms with Crippen molar-refractivity contribution in [2.24, 2.45) is 4.99 Å². The number of fused-ring (bicyclic) bond motifs is 1. The largest absolute Gasteiger partial charge is 0.459 e. The summed E-state index contributed by atoms with van der Waals surface area (Å²) in [6.07, 6.45) is 6.93. The van der Waals surface area contributed by atoms with Crippen molar-refractivity contribution >= 4 is 27.5 Å². The summed E-state index contributed by atoms with van der Waals surface area (Å²) in [7, 11) is 0. The first-order valence-electron chi connectivity index (χ1n) is 6.77. The molecule has 0 radical (unpaired) electrons. The first-order chi connectivity index (χ1) is 10.6. The zero-order valence-electron chi connectivity index (χ0n) is 12.3. The van der Waals surface area contributed by atoms with Crippen molar-refractivity contribution in [2.75, 3.05) is 0 Å². The van der Waals surface area contributed by atoms with Crippen LogP contribution in [0.4, 0.5) is 0 Å². The Labute approximate surface area is 131 Å². The third kappa shape index (κ3) is 2.49. The number of terminal acetylenes is 1. The van der Waals surface area contributed by atoms with Gasteiger partial charge in [0, 0.05) is 0 Å². The fraction of sp³-hybridized carbons (Fsp3) is 0.176. The molecule has 0 aliphatic heterocycles. The van der Waals surface area contributed by atoms with Gasteiger partial charge in [-0.1, -0.05) is 23.3 Å². The normalized spacial score (nSPS) is 11.8. The molecule has 0 fully saturated rings. The average molecular weight is 310 g/mol. The smallest absolute Gasteiger partial charge is 0.315 e. The second-order valence-electron chi connectivity index (χ2n) is 5.00. The monoisotopic (exact) mass is 310 g/mol. The minimum Gasteiger partial charge on any atom is -0.459 e. The predicted molar refractivity (Wildman–Crippen MR) is 86.7 cm³/mol. The molecule has 0 atom stereocenters. The molecule has 0 aliphatic carbocycles. The van der Waals surface area contributed by atoms with Crippen LogP contribution in [0.15, 0.2) is 39.9 Å². The zero-order chi connectivity index (χ0) is 15.7. The number of aromatic nitrogens is 1. The SMILES string of the molecule is C#CCn1c(=NC(=O)c2ccco2)sc2cc(C)cc(C)c21. The molecule has 5 heteroatoms. The standard InChI is InChI=1S/C17H14N2O2S/c1-4-7-19-15-12(3)9-11(2)10-14(15)22-17(19)18-16(20)13-6-5-8-21-13/h1,5-6,8-10H,7H2,2-3H3. The fourth-order valence-corrected chi connectivity index (χ4v) is 3.66. The summed E-state index contributed by atoms with van der Waals surface area (Å²) in [6, 6.07) is 7.44. The van der Waals surface area contributed by atoms with Gasteiger partial charge in [0.1, 0.15) is 0 Å². The Kier molecular flexibility index (Phi) is 3.70. The number of rotatable bonds is 2. The number of hydrogen-bond acceptors (Lipinski definition) is 3. The number of hydrogen-bond donors (Lipinski definition) is 0. The highest BCUT2D eigenvalue weighted by Crippen LogP contribution is 2.23. The Morgan fingerprint density at radius 3 is 2.95 bits per heavy atom. The minimum atomic E-state index is -0.406. The molecule has 0 saturated carbocycles. The van der Waals surface area contributed by atoms with E-state index in [-0.39, 0.29) is 5.76 Å². The van der Waals surface area contributed by atoms with E-state index in [0.29, 0.717) is 11.3 Å². The Bertz CT molecular complexity index is 953. The molecule has 0 bridgehead atoms. The lowest BCUT2D eigenvalue weighted by Crippen LogP contribution is -2.16. The van der Waals surface area contributed by atoms with Crippen LogP contribution in [0.5, 0.6) is 0 Å². The molecule has 1 amide bonds. The summed E-state index contributed by atoms with van der Waals surface area (Å²) in [4.78, 5) is 16.9. The van der Waals surface area contributed by atoms with Crippen molar-refractivity contribution in [2.45, 2.75) is 20.4 Å². The number of aryl methyl sites for hydroxylation is 2. The lowest BCUT2D eigenvalue weighted by molar-refractivity contribution is 0.0971. The van der Waals surface area contributed by atoms with Crippen molar-refractivity contribution in [1.82, 2.24) is 4.57 Å². The van der Waals surface area contributed by atoms with Crippen LogP contribution in [0, 0.1) is 26.2 Å². The molecular formula is C17H14N2O2S. The van der Waals surface area contributed by atoms with Crippen LogP contribution in [0.1, 0.15) is 21.7 Å². The maximum absolute atomic E-state index is 12.1. The molecule has 3 aromatic rings. The van der Waals surface area contributed by atoms with E-state index in [0.717, 1.165) is 15.8 Å². The highest BCUT2D eigenvalue weighted by atomic mass is 32.1. The van der Waals surface area contributed by atoms with Gasteiger partial charge in [-0.15, -0.1) is 6.42 Å². The number of carbonyl (C=O) groups excluding carboxylic acids is 1. The lowest BCUT2D eigenvalue weighted by Gasteiger charge is -2.04. The van der Waals surface area contributed by atoms with Gasteiger partial charge in [0.2, 0.25) is 0 Å². The number of nitrogens with zero attached hydrogens (tertiary/aromatic N) is 2. The quantitative estimate of drug-likeness (QED) is 0.682. The molecule has 0 spiro atoms. The van der Waals surface area contributed by atoms with Gasteiger partial charge in [-0.3, -0.25) is 4.79 Å². The van der Waals surface area contributed by atoms with E-state index in [9.17, 15) is 4.79 Å². The second-order valence-corrected chi connectivity index (χ2v) is 6.01. The van der Waals surface area contributed by atoms with Crippen LogP contribution < -0.4 is 4.80 Å². The van der Waals surface area contributed by atoms with Crippen LogP contribution in [0.2, 0.25) is 0 Å². The highest BCUT2D eigenvalue weighted by molar-refractivity contribution is 7.16. The van der Waals surface area contributed by atoms with Gasteiger partial charge in [0.15, 0.2) is 10.6 Å². The third-order valence-electron chi connectivity index (χ3n) is 3.29. The van der Waals surface area contributed by atoms with Crippen molar-refractivity contribution in [3.8, 4) is 12.3 Å². The summed E-state index contributed by atoms with van der Waals surface area (Å²) in [5.41, 5.74) is 3.32. The average Bonchev–Trinajstić information content (AvgIpc) is 3.08. The first kappa shape index (κ1) is 14.4. The number of amides is 1. The molecule has 0 aliphatic rings. The number of thiazole rings is 1. The zero-order valence-corrected chi connectivity index (χ0v) is 13.1. The van der Waals surface area contributed by atoms with Crippen molar-refractivity contribution in [3.05, 3.63) is 52.2 Å². The van der Waals surface area contributed by atoms with Gasteiger partial charge in [0.05, 0.1) is 23.0 Å². The molecule has 2 aromatic heterocycles. The van der Waals surface area contributed by atoms with E-state index >= 15 is 0 Å². The summed E-state index contributed by atoms with van der Waals surface area (Å²) in [6.45, 7) is 4.45. The van der Waals surface area contributed by atoms with Crippen LogP contribution in [0.3, 0.4) is 0 Å². The predicted octanol–water partition coefficient (Wildman–Crippen LogP) is 3.29. The Morgan fingerprint density at radius 2 is 2.27 bits per heavy atom. The molecule has 4 nitrogen and oxygen atoms in total. The maximum atomic E-state index is 12.1. The number of benzene rings is 1. The molecular weight excluding hydrogens is 296 g/mol. The van der Waals surface area contributed by atoms with Crippen LogP contribution in [-0.2, 0) is 6.54 Å². The van der Waals surface area contributed by atoms with Gasteiger partial charge >= 0.3 is 5.91 Å². The summed E-state index contributed by atoms with van der Waals surface area (Å²) >= 11 is 1.46. The van der Waals surface area contributed by atoms with Gasteiger partial charge in [-0.2, -0.15) is 4.99 Å². The Hall–Kier alpha value is -2.58. The first-order valence-corrected chi connectivity index (χ1v) is 7.58. The van der Waals surface area contributed by atoms with E-state index in [1.54, 1.807) is 12.1 Å². The highest BCUT2D eigenvalue weighted by Gasteiger charge is 2.12. The van der Waals surface area contributed by atoms with Crippen molar-refractivity contribution in [3.63, 3.8) is 0 Å². The van der Waals surface area contributed by atoms with Gasteiger partial charge < -0.3 is 8.98 Å². The van der Waals surface area contributed by atoms with Gasteiger partial charge in [-0.05, 0) is 43.2 Å². The van der Waals surface area contributed by atoms with Gasteiger partial charge in [-0.25, -0.2) is 0 Å². The van der Waals surface area contributed by atoms with Gasteiger partial charge in [0.25, 0.3) is 0 Å². The Balaban J connectivity index is 2.25. The summed E-state index contributed by atoms with van der Waals surface area (Å²) in [5, 5.41) is 0. The number of carbonyl (C=O) groups is 1. The molecule has 22 heavy (non-hydrogen) atoms. The molecule has 1 aromatic carbocycles.